The first-order valence-corrected chi connectivity index (χ1v) is 3.90. The smallest absolute Gasteiger partial charge is 0.393 e. The zero-order valence-corrected chi connectivity index (χ0v) is 6.47. The van der Waals surface area contributed by atoms with Crippen LogP contribution in [0.25, 0.3) is 0 Å². The van der Waals surface area contributed by atoms with Gasteiger partial charge in [-0.2, -0.15) is 0 Å². The number of aliphatic hydroxyl groups excluding tert-OH is 1. The Bertz CT molecular complexity index is 146. The third kappa shape index (κ3) is 3.40. The normalized spacial score (nSPS) is 32.0. The van der Waals surface area contributed by atoms with Crippen LogP contribution in [0.1, 0.15) is 25.7 Å². The maximum Gasteiger partial charge on any atom is 0.522 e. The molecular weight excluding hydrogens is 173 g/mol. The van der Waals surface area contributed by atoms with Crippen LogP contribution in [-0.4, -0.2) is 23.7 Å². The van der Waals surface area contributed by atoms with Crippen LogP contribution in [0.2, 0.25) is 0 Å². The van der Waals surface area contributed by atoms with Crippen molar-refractivity contribution in [1.82, 2.24) is 0 Å². The van der Waals surface area contributed by atoms with Crippen molar-refractivity contribution in [1.29, 1.82) is 0 Å². The van der Waals surface area contributed by atoms with Gasteiger partial charge in [0.25, 0.3) is 0 Å². The van der Waals surface area contributed by atoms with Gasteiger partial charge < -0.3 is 5.11 Å². The molecule has 1 N–H and O–H groups in total. The van der Waals surface area contributed by atoms with Crippen LogP contribution in [0.15, 0.2) is 0 Å². The Morgan fingerprint density at radius 2 is 1.92 bits per heavy atom. The molecule has 1 aliphatic carbocycles. The number of rotatable bonds is 1. The van der Waals surface area contributed by atoms with E-state index in [2.05, 4.69) is 4.74 Å². The summed E-state index contributed by atoms with van der Waals surface area (Å²) >= 11 is 0. The van der Waals surface area contributed by atoms with Gasteiger partial charge in [0.15, 0.2) is 0 Å². The van der Waals surface area contributed by atoms with E-state index in [0.717, 1.165) is 0 Å². The molecule has 72 valence electrons. The minimum absolute atomic E-state index is 0.0967. The number of aliphatic hydroxyl groups is 1. The summed E-state index contributed by atoms with van der Waals surface area (Å²) in [6.07, 6.45) is -4.39. The number of hydrogen-bond donors (Lipinski definition) is 1. The Morgan fingerprint density at radius 3 is 2.42 bits per heavy atom. The molecule has 5 heteroatoms. The molecule has 0 radical (unpaired) electrons. The van der Waals surface area contributed by atoms with E-state index in [0.29, 0.717) is 19.3 Å². The molecule has 0 spiro atoms. The van der Waals surface area contributed by atoms with Crippen molar-refractivity contribution >= 4 is 0 Å². The lowest BCUT2D eigenvalue weighted by Crippen LogP contribution is -2.31. The first-order chi connectivity index (χ1) is 5.47. The summed E-state index contributed by atoms with van der Waals surface area (Å²) in [4.78, 5) is 0. The molecule has 0 saturated heterocycles. The van der Waals surface area contributed by atoms with Crippen molar-refractivity contribution in [2.24, 2.45) is 0 Å². The summed E-state index contributed by atoms with van der Waals surface area (Å²) in [5.41, 5.74) is 0. The third-order valence-corrected chi connectivity index (χ3v) is 1.90. The van der Waals surface area contributed by atoms with Crippen LogP contribution in [0.3, 0.4) is 0 Å². The van der Waals surface area contributed by atoms with Crippen LogP contribution >= 0.6 is 0 Å². The summed E-state index contributed by atoms with van der Waals surface area (Å²) in [5.74, 6) is 0. The van der Waals surface area contributed by atoms with Crippen LogP contribution in [-0.2, 0) is 4.74 Å². The SMILES string of the molecule is OC1CCCC(OC(F)(F)F)C1. The lowest BCUT2D eigenvalue weighted by atomic mass is 9.95. The Morgan fingerprint density at radius 1 is 1.25 bits per heavy atom. The molecule has 0 bridgehead atoms. The second kappa shape index (κ2) is 3.62. The Labute approximate surface area is 68.3 Å². The van der Waals surface area contributed by atoms with Crippen LogP contribution < -0.4 is 0 Å². The third-order valence-electron chi connectivity index (χ3n) is 1.90. The number of halogens is 3. The first-order valence-electron chi connectivity index (χ1n) is 3.90. The quantitative estimate of drug-likeness (QED) is 0.673. The topological polar surface area (TPSA) is 29.5 Å². The van der Waals surface area contributed by atoms with Crippen molar-refractivity contribution in [3.8, 4) is 0 Å². The van der Waals surface area contributed by atoms with Crippen molar-refractivity contribution in [2.75, 3.05) is 0 Å². The van der Waals surface area contributed by atoms with Crippen molar-refractivity contribution < 1.29 is 23.0 Å². The summed E-state index contributed by atoms with van der Waals surface area (Å²) in [6, 6.07) is 0. The van der Waals surface area contributed by atoms with Gasteiger partial charge in [0, 0.05) is 0 Å². The highest BCUT2D eigenvalue weighted by Crippen LogP contribution is 2.27. The lowest BCUT2D eigenvalue weighted by molar-refractivity contribution is -0.346. The molecule has 1 fully saturated rings. The van der Waals surface area contributed by atoms with Crippen molar-refractivity contribution in [3.05, 3.63) is 0 Å². The highest BCUT2D eigenvalue weighted by atomic mass is 19.4. The molecule has 0 amide bonds. The number of hydrogen-bond acceptors (Lipinski definition) is 2. The molecule has 1 saturated carbocycles. The predicted octanol–water partition coefficient (Wildman–Crippen LogP) is 1.83. The summed E-state index contributed by atoms with van der Waals surface area (Å²) in [5, 5.41) is 9.03. The van der Waals surface area contributed by atoms with Crippen molar-refractivity contribution in [3.63, 3.8) is 0 Å². The van der Waals surface area contributed by atoms with Crippen molar-refractivity contribution in [2.45, 2.75) is 44.3 Å². The molecule has 2 unspecified atom stereocenters. The largest absolute Gasteiger partial charge is 0.522 e. The van der Waals surface area contributed by atoms with E-state index in [1.165, 1.54) is 0 Å². The second-order valence-corrected chi connectivity index (χ2v) is 3.01. The molecule has 0 aliphatic heterocycles. The van der Waals surface area contributed by atoms with E-state index in [4.69, 9.17) is 5.11 Å². The van der Waals surface area contributed by atoms with E-state index in [9.17, 15) is 13.2 Å². The fourth-order valence-corrected chi connectivity index (χ4v) is 1.42. The van der Waals surface area contributed by atoms with Gasteiger partial charge in [0.05, 0.1) is 12.2 Å². The van der Waals surface area contributed by atoms with Gasteiger partial charge in [0.2, 0.25) is 0 Å². The molecule has 12 heavy (non-hydrogen) atoms. The molecular formula is C7H11F3O2. The molecule has 2 nitrogen and oxygen atoms in total. The molecule has 0 heterocycles. The van der Waals surface area contributed by atoms with Crippen LogP contribution in [0, 0.1) is 0 Å². The minimum atomic E-state index is -4.57. The summed E-state index contributed by atoms with van der Waals surface area (Å²) in [7, 11) is 0. The summed E-state index contributed by atoms with van der Waals surface area (Å²) in [6.45, 7) is 0. The highest BCUT2D eigenvalue weighted by molar-refractivity contribution is 4.72. The molecule has 0 aromatic heterocycles. The van der Waals surface area contributed by atoms with E-state index in [1.54, 1.807) is 0 Å². The molecule has 0 aromatic carbocycles. The monoisotopic (exact) mass is 184 g/mol. The average molecular weight is 184 g/mol. The maximum atomic E-state index is 11.7. The number of alkyl halides is 3. The molecule has 1 rings (SSSR count). The maximum absolute atomic E-state index is 11.7. The van der Waals surface area contributed by atoms with Gasteiger partial charge in [0.1, 0.15) is 0 Å². The van der Waals surface area contributed by atoms with E-state index < -0.39 is 18.6 Å². The fourth-order valence-electron chi connectivity index (χ4n) is 1.42. The van der Waals surface area contributed by atoms with Gasteiger partial charge in [-0.05, 0) is 25.7 Å². The zero-order valence-electron chi connectivity index (χ0n) is 6.47. The van der Waals surface area contributed by atoms with E-state index in [1.807, 2.05) is 0 Å². The summed E-state index contributed by atoms with van der Waals surface area (Å²) < 4.78 is 38.8. The fraction of sp³-hybridized carbons (Fsp3) is 1.00. The van der Waals surface area contributed by atoms with Gasteiger partial charge >= 0.3 is 6.36 Å². The molecule has 2 atom stereocenters. The highest BCUT2D eigenvalue weighted by Gasteiger charge is 2.35. The predicted molar refractivity (Wildman–Crippen MR) is 35.4 cm³/mol. The Balaban J connectivity index is 2.32. The second-order valence-electron chi connectivity index (χ2n) is 3.01. The van der Waals surface area contributed by atoms with E-state index in [-0.39, 0.29) is 6.42 Å². The molecule has 0 aromatic rings. The average Bonchev–Trinajstić information content (AvgIpc) is 1.82. The zero-order chi connectivity index (χ0) is 9.19. The van der Waals surface area contributed by atoms with E-state index >= 15 is 0 Å². The van der Waals surface area contributed by atoms with Gasteiger partial charge in [-0.1, -0.05) is 0 Å². The van der Waals surface area contributed by atoms with Crippen LogP contribution in [0.4, 0.5) is 13.2 Å². The van der Waals surface area contributed by atoms with Crippen LogP contribution in [0.5, 0.6) is 0 Å². The van der Waals surface area contributed by atoms with Gasteiger partial charge in [-0.3, -0.25) is 4.74 Å². The number of ether oxygens (including phenoxy) is 1. The first kappa shape index (κ1) is 9.80. The lowest BCUT2D eigenvalue weighted by Gasteiger charge is -2.26. The Kier molecular flexibility index (Phi) is 2.95. The minimum Gasteiger partial charge on any atom is -0.393 e. The standard InChI is InChI=1S/C7H11F3O2/c8-7(9,10)12-6-3-1-2-5(11)4-6/h5-6,11H,1-4H2. The van der Waals surface area contributed by atoms with Gasteiger partial charge in [-0.25, -0.2) is 0 Å². The van der Waals surface area contributed by atoms with Gasteiger partial charge in [-0.15, -0.1) is 13.2 Å². The molecule has 1 aliphatic rings. The Hall–Kier alpha value is -0.290.